The van der Waals surface area contributed by atoms with Crippen molar-refractivity contribution < 1.29 is 18.3 Å². The second kappa shape index (κ2) is 5.30. The number of carboxylic acids is 1. The standard InChI is InChI=1S/C13H17NO4S/c1-2-3-6-19(17,18)14-8-11-5-4-10(13(15)16)7-12(11)9-14/h4-5,7H,2-3,6,8-9H2,1H3,(H,15,16). The molecule has 6 heteroatoms. The van der Waals surface area contributed by atoms with Crippen LogP contribution in [0.15, 0.2) is 18.2 Å². The number of nitrogens with zero attached hydrogens (tertiary/aromatic N) is 1. The summed E-state index contributed by atoms with van der Waals surface area (Å²) in [5, 5.41) is 8.93. The Morgan fingerprint density at radius 1 is 1.32 bits per heavy atom. The largest absolute Gasteiger partial charge is 0.478 e. The number of hydrogen-bond acceptors (Lipinski definition) is 3. The maximum atomic E-state index is 12.1. The highest BCUT2D eigenvalue weighted by Gasteiger charge is 2.29. The number of fused-ring (bicyclic) bond motifs is 1. The highest BCUT2D eigenvalue weighted by atomic mass is 32.2. The van der Waals surface area contributed by atoms with Crippen LogP contribution in [0.2, 0.25) is 0 Å². The van der Waals surface area contributed by atoms with E-state index in [-0.39, 0.29) is 17.9 Å². The Hall–Kier alpha value is -1.40. The lowest BCUT2D eigenvalue weighted by atomic mass is 10.1. The van der Waals surface area contributed by atoms with Crippen LogP contribution in [0.5, 0.6) is 0 Å². The fourth-order valence-electron chi connectivity index (χ4n) is 2.15. The molecule has 0 atom stereocenters. The number of benzene rings is 1. The first-order valence-electron chi connectivity index (χ1n) is 6.27. The third-order valence-corrected chi connectivity index (χ3v) is 5.15. The Kier molecular flexibility index (Phi) is 3.91. The maximum Gasteiger partial charge on any atom is 0.335 e. The van der Waals surface area contributed by atoms with E-state index in [1.807, 2.05) is 6.92 Å². The van der Waals surface area contributed by atoms with Crippen molar-refractivity contribution in [1.29, 1.82) is 0 Å². The highest BCUT2D eigenvalue weighted by Crippen LogP contribution is 2.26. The van der Waals surface area contributed by atoms with E-state index in [1.165, 1.54) is 10.4 Å². The molecule has 19 heavy (non-hydrogen) atoms. The maximum absolute atomic E-state index is 12.1. The smallest absolute Gasteiger partial charge is 0.335 e. The summed E-state index contributed by atoms with van der Waals surface area (Å²) in [4.78, 5) is 10.9. The lowest BCUT2D eigenvalue weighted by Crippen LogP contribution is -2.28. The van der Waals surface area contributed by atoms with Crippen LogP contribution in [0.4, 0.5) is 0 Å². The zero-order chi connectivity index (χ0) is 14.0. The molecule has 0 fully saturated rings. The van der Waals surface area contributed by atoms with Gasteiger partial charge in [-0.05, 0) is 29.7 Å². The summed E-state index contributed by atoms with van der Waals surface area (Å²) in [6, 6.07) is 4.78. The van der Waals surface area contributed by atoms with Gasteiger partial charge >= 0.3 is 5.97 Å². The molecule has 1 aliphatic rings. The van der Waals surface area contributed by atoms with Crippen molar-refractivity contribution in [3.63, 3.8) is 0 Å². The molecule has 0 amide bonds. The Morgan fingerprint density at radius 3 is 2.63 bits per heavy atom. The van der Waals surface area contributed by atoms with Crippen LogP contribution >= 0.6 is 0 Å². The monoisotopic (exact) mass is 283 g/mol. The number of rotatable bonds is 5. The lowest BCUT2D eigenvalue weighted by molar-refractivity contribution is 0.0696. The first-order chi connectivity index (χ1) is 8.94. The second-order valence-corrected chi connectivity index (χ2v) is 6.81. The van der Waals surface area contributed by atoms with Crippen LogP contribution in [-0.4, -0.2) is 29.6 Å². The molecule has 0 bridgehead atoms. The van der Waals surface area contributed by atoms with Crippen LogP contribution in [0.1, 0.15) is 41.3 Å². The number of sulfonamides is 1. The minimum Gasteiger partial charge on any atom is -0.478 e. The molecule has 5 nitrogen and oxygen atoms in total. The van der Waals surface area contributed by atoms with Gasteiger partial charge in [0.2, 0.25) is 10.0 Å². The van der Waals surface area contributed by atoms with E-state index in [0.717, 1.165) is 17.5 Å². The number of carbonyl (C=O) groups is 1. The molecule has 0 aromatic heterocycles. The zero-order valence-electron chi connectivity index (χ0n) is 10.8. The minimum absolute atomic E-state index is 0.156. The van der Waals surface area contributed by atoms with Crippen LogP contribution in [-0.2, 0) is 23.1 Å². The van der Waals surface area contributed by atoms with Crippen molar-refractivity contribution in [3.8, 4) is 0 Å². The summed E-state index contributed by atoms with van der Waals surface area (Å²) in [5.41, 5.74) is 1.89. The van der Waals surface area contributed by atoms with Gasteiger partial charge in [-0.15, -0.1) is 0 Å². The van der Waals surface area contributed by atoms with Gasteiger partial charge in [0.25, 0.3) is 0 Å². The van der Waals surface area contributed by atoms with Gasteiger partial charge in [0.1, 0.15) is 0 Å². The molecule has 1 aromatic carbocycles. The molecule has 0 saturated carbocycles. The third-order valence-electron chi connectivity index (χ3n) is 3.30. The van der Waals surface area contributed by atoms with Gasteiger partial charge in [0.05, 0.1) is 11.3 Å². The third kappa shape index (κ3) is 2.96. The normalized spacial score (nSPS) is 15.4. The van der Waals surface area contributed by atoms with Crippen molar-refractivity contribution in [1.82, 2.24) is 4.31 Å². The zero-order valence-corrected chi connectivity index (χ0v) is 11.6. The first-order valence-corrected chi connectivity index (χ1v) is 7.88. The van der Waals surface area contributed by atoms with Gasteiger partial charge in [0, 0.05) is 13.1 Å². The number of hydrogen-bond donors (Lipinski definition) is 1. The van der Waals surface area contributed by atoms with Gasteiger partial charge < -0.3 is 5.11 Å². The van der Waals surface area contributed by atoms with E-state index in [1.54, 1.807) is 12.1 Å². The van der Waals surface area contributed by atoms with E-state index in [9.17, 15) is 13.2 Å². The predicted octanol–water partition coefficient (Wildman–Crippen LogP) is 1.83. The topological polar surface area (TPSA) is 74.7 Å². The van der Waals surface area contributed by atoms with E-state index < -0.39 is 16.0 Å². The van der Waals surface area contributed by atoms with Crippen molar-refractivity contribution in [3.05, 3.63) is 34.9 Å². The summed E-state index contributed by atoms with van der Waals surface area (Å²) < 4.78 is 25.6. The predicted molar refractivity (Wildman–Crippen MR) is 71.3 cm³/mol. The molecule has 0 spiro atoms. The van der Waals surface area contributed by atoms with Crippen molar-refractivity contribution in [2.75, 3.05) is 5.75 Å². The first kappa shape index (κ1) is 14.0. The molecule has 104 valence electrons. The Morgan fingerprint density at radius 2 is 2.00 bits per heavy atom. The Balaban J connectivity index is 2.18. The van der Waals surface area contributed by atoms with Crippen LogP contribution in [0.25, 0.3) is 0 Å². The van der Waals surface area contributed by atoms with Crippen molar-refractivity contribution >= 4 is 16.0 Å². The van der Waals surface area contributed by atoms with Gasteiger partial charge in [-0.3, -0.25) is 0 Å². The molecule has 1 aliphatic heterocycles. The fourth-order valence-corrected chi connectivity index (χ4v) is 3.73. The van der Waals surface area contributed by atoms with E-state index in [4.69, 9.17) is 5.11 Å². The molecular formula is C13H17NO4S. The molecular weight excluding hydrogens is 266 g/mol. The Bertz CT molecular complexity index is 595. The van der Waals surface area contributed by atoms with E-state index in [2.05, 4.69) is 0 Å². The molecule has 0 unspecified atom stereocenters. The van der Waals surface area contributed by atoms with Gasteiger partial charge in [-0.25, -0.2) is 13.2 Å². The number of carboxylic acid groups (broad SMARTS) is 1. The highest BCUT2D eigenvalue weighted by molar-refractivity contribution is 7.89. The van der Waals surface area contributed by atoms with E-state index in [0.29, 0.717) is 13.0 Å². The average Bonchev–Trinajstić information content (AvgIpc) is 2.79. The van der Waals surface area contributed by atoms with E-state index >= 15 is 0 Å². The summed E-state index contributed by atoms with van der Waals surface area (Å²) in [6.07, 6.45) is 1.48. The van der Waals surface area contributed by atoms with Crippen LogP contribution < -0.4 is 0 Å². The number of aromatic carboxylic acids is 1. The molecule has 0 radical (unpaired) electrons. The molecule has 0 saturated heterocycles. The molecule has 1 N–H and O–H groups in total. The average molecular weight is 283 g/mol. The van der Waals surface area contributed by atoms with Gasteiger partial charge in [-0.1, -0.05) is 19.4 Å². The number of unbranched alkanes of at least 4 members (excludes halogenated alkanes) is 1. The molecule has 2 rings (SSSR count). The quantitative estimate of drug-likeness (QED) is 0.894. The van der Waals surface area contributed by atoms with Gasteiger partial charge in [0.15, 0.2) is 0 Å². The fraction of sp³-hybridized carbons (Fsp3) is 0.462. The lowest BCUT2D eigenvalue weighted by Gasteiger charge is -2.14. The molecule has 1 heterocycles. The van der Waals surface area contributed by atoms with Crippen LogP contribution in [0, 0.1) is 0 Å². The van der Waals surface area contributed by atoms with Gasteiger partial charge in [-0.2, -0.15) is 4.31 Å². The summed E-state index contributed by atoms with van der Waals surface area (Å²) >= 11 is 0. The summed E-state index contributed by atoms with van der Waals surface area (Å²) in [6.45, 7) is 2.58. The molecule has 1 aromatic rings. The summed E-state index contributed by atoms with van der Waals surface area (Å²) in [5.74, 6) is -0.835. The SMILES string of the molecule is CCCCS(=O)(=O)N1Cc2ccc(C(=O)O)cc2C1. The second-order valence-electron chi connectivity index (χ2n) is 4.73. The van der Waals surface area contributed by atoms with Crippen molar-refractivity contribution in [2.24, 2.45) is 0 Å². The molecule has 0 aliphatic carbocycles. The van der Waals surface area contributed by atoms with Crippen molar-refractivity contribution in [2.45, 2.75) is 32.9 Å². The Labute approximate surface area is 112 Å². The summed E-state index contributed by atoms with van der Waals surface area (Å²) in [7, 11) is -3.24. The minimum atomic E-state index is -3.24. The van der Waals surface area contributed by atoms with Crippen LogP contribution in [0.3, 0.4) is 0 Å².